The molecule has 1 aliphatic rings. The lowest BCUT2D eigenvalue weighted by Gasteiger charge is -2.16. The second kappa shape index (κ2) is 8.98. The van der Waals surface area contributed by atoms with Crippen molar-refractivity contribution in [3.8, 4) is 11.4 Å². The highest BCUT2D eigenvalue weighted by molar-refractivity contribution is 7.99. The highest BCUT2D eigenvalue weighted by Gasteiger charge is 2.26. The minimum Gasteiger partial charge on any atom is -0.378 e. The lowest BCUT2D eigenvalue weighted by Crippen LogP contribution is -2.17. The van der Waals surface area contributed by atoms with Crippen LogP contribution in [-0.4, -0.2) is 47.3 Å². The number of hydrogen-bond donors (Lipinski definition) is 1. The van der Waals surface area contributed by atoms with E-state index in [2.05, 4.69) is 68.3 Å². The van der Waals surface area contributed by atoms with Gasteiger partial charge in [0.1, 0.15) is 6.23 Å². The van der Waals surface area contributed by atoms with E-state index in [0.717, 1.165) is 41.0 Å². The van der Waals surface area contributed by atoms with Crippen LogP contribution in [0.4, 0.5) is 5.69 Å². The van der Waals surface area contributed by atoms with Crippen LogP contribution < -0.4 is 10.2 Å². The second-order valence-corrected chi connectivity index (χ2v) is 8.25. The number of rotatable bonds is 7. The van der Waals surface area contributed by atoms with E-state index >= 15 is 0 Å². The van der Waals surface area contributed by atoms with E-state index in [9.17, 15) is 0 Å². The maximum Gasteiger partial charge on any atom is 0.191 e. The average Bonchev–Trinajstić information content (AvgIpc) is 3.39. The number of anilines is 1. The van der Waals surface area contributed by atoms with Crippen molar-refractivity contribution in [1.82, 2.24) is 20.1 Å². The van der Waals surface area contributed by atoms with Gasteiger partial charge in [0.15, 0.2) is 11.0 Å². The van der Waals surface area contributed by atoms with Crippen LogP contribution in [0.5, 0.6) is 0 Å². The van der Waals surface area contributed by atoms with Crippen LogP contribution in [0.3, 0.4) is 0 Å². The fourth-order valence-corrected chi connectivity index (χ4v) is 4.42. The topological polar surface area (TPSA) is 55.2 Å². The Hall–Kier alpha value is -2.35. The summed E-state index contributed by atoms with van der Waals surface area (Å²) in [4.78, 5) is 2.10. The van der Waals surface area contributed by atoms with Gasteiger partial charge in [-0.3, -0.25) is 5.32 Å². The summed E-state index contributed by atoms with van der Waals surface area (Å²) in [5, 5.41) is 13.3. The summed E-state index contributed by atoms with van der Waals surface area (Å²) in [5.74, 6) is 1.76. The summed E-state index contributed by atoms with van der Waals surface area (Å²) in [5.41, 5.74) is 3.44. The molecule has 2 heterocycles. The Bertz CT molecular complexity index is 926. The lowest BCUT2D eigenvalue weighted by atomic mass is 10.2. The van der Waals surface area contributed by atoms with Gasteiger partial charge >= 0.3 is 0 Å². The minimum atomic E-state index is -0.0549. The van der Waals surface area contributed by atoms with Crippen molar-refractivity contribution in [2.45, 2.75) is 31.0 Å². The van der Waals surface area contributed by atoms with Gasteiger partial charge in [0.05, 0.1) is 6.10 Å². The van der Waals surface area contributed by atoms with Gasteiger partial charge < -0.3 is 14.2 Å². The zero-order chi connectivity index (χ0) is 20.2. The smallest absolute Gasteiger partial charge is 0.191 e. The molecule has 0 spiro atoms. The van der Waals surface area contributed by atoms with E-state index in [1.807, 2.05) is 32.3 Å². The molecule has 3 aromatic rings. The molecule has 152 valence electrons. The first-order chi connectivity index (χ1) is 14.2. The number of thioether (sulfide) groups is 1. The molecule has 0 radical (unpaired) electrons. The molecule has 1 saturated heterocycles. The number of nitrogens with one attached hydrogen (secondary N) is 1. The standard InChI is InChI=1S/C22H27N5OS/c1-4-27-20(16-8-6-5-7-9-16)24-25-22(27)29-15-19-14-23-21(28-19)17-10-12-18(13-11-17)26(2)3/h5-13,19,21,23H,4,14-15H2,1-3H3/t19-,21+/m0/s1. The van der Waals surface area contributed by atoms with Crippen molar-refractivity contribution in [2.24, 2.45) is 0 Å². The predicted molar refractivity (Wildman–Crippen MR) is 118 cm³/mol. The summed E-state index contributed by atoms with van der Waals surface area (Å²) in [7, 11) is 4.09. The summed E-state index contributed by atoms with van der Waals surface area (Å²) < 4.78 is 8.40. The first-order valence-electron chi connectivity index (χ1n) is 9.93. The van der Waals surface area contributed by atoms with Crippen LogP contribution in [-0.2, 0) is 11.3 Å². The Morgan fingerprint density at radius 2 is 1.86 bits per heavy atom. The third kappa shape index (κ3) is 4.47. The largest absolute Gasteiger partial charge is 0.378 e. The van der Waals surface area contributed by atoms with Gasteiger partial charge in [0.25, 0.3) is 0 Å². The van der Waals surface area contributed by atoms with E-state index < -0.39 is 0 Å². The van der Waals surface area contributed by atoms with Crippen LogP contribution in [0.15, 0.2) is 59.8 Å². The maximum absolute atomic E-state index is 6.23. The first kappa shape index (κ1) is 19.9. The Kier molecular flexibility index (Phi) is 6.18. The molecule has 1 fully saturated rings. The molecule has 7 heteroatoms. The third-order valence-corrected chi connectivity index (χ3v) is 6.13. The zero-order valence-corrected chi connectivity index (χ0v) is 17.9. The molecule has 0 saturated carbocycles. The van der Waals surface area contributed by atoms with Crippen molar-refractivity contribution in [3.63, 3.8) is 0 Å². The van der Waals surface area contributed by atoms with E-state index in [-0.39, 0.29) is 12.3 Å². The van der Waals surface area contributed by atoms with Gasteiger partial charge in [-0.2, -0.15) is 0 Å². The van der Waals surface area contributed by atoms with E-state index in [4.69, 9.17) is 4.74 Å². The fraction of sp³-hybridized carbons (Fsp3) is 0.364. The molecule has 1 aliphatic heterocycles. The molecule has 29 heavy (non-hydrogen) atoms. The van der Waals surface area contributed by atoms with Crippen LogP contribution in [0, 0.1) is 0 Å². The molecular formula is C22H27N5OS. The summed E-state index contributed by atoms with van der Waals surface area (Å²) in [6.07, 6.45) is 0.0847. The monoisotopic (exact) mass is 409 g/mol. The second-order valence-electron chi connectivity index (χ2n) is 7.26. The fourth-order valence-electron chi connectivity index (χ4n) is 3.42. The SMILES string of the molecule is CCn1c(SC[C@@H]2CN[C@@H](c3ccc(N(C)C)cc3)O2)nnc1-c1ccccc1. The molecule has 0 bridgehead atoms. The highest BCUT2D eigenvalue weighted by Crippen LogP contribution is 2.28. The van der Waals surface area contributed by atoms with Crippen LogP contribution in [0.25, 0.3) is 11.4 Å². The Balaban J connectivity index is 1.37. The molecule has 6 nitrogen and oxygen atoms in total. The number of hydrogen-bond acceptors (Lipinski definition) is 6. The summed E-state index contributed by atoms with van der Waals surface area (Å²) in [6.45, 7) is 3.80. The van der Waals surface area contributed by atoms with Crippen molar-refractivity contribution < 1.29 is 4.74 Å². The summed E-state index contributed by atoms with van der Waals surface area (Å²) in [6, 6.07) is 18.7. The molecule has 1 N–H and O–H groups in total. The van der Waals surface area contributed by atoms with Crippen molar-refractivity contribution in [3.05, 3.63) is 60.2 Å². The van der Waals surface area contributed by atoms with Crippen LogP contribution in [0.2, 0.25) is 0 Å². The van der Waals surface area contributed by atoms with E-state index in [1.165, 1.54) is 5.69 Å². The highest BCUT2D eigenvalue weighted by atomic mass is 32.2. The Morgan fingerprint density at radius 3 is 2.55 bits per heavy atom. The maximum atomic E-state index is 6.23. The molecule has 0 amide bonds. The molecule has 1 aromatic heterocycles. The lowest BCUT2D eigenvalue weighted by molar-refractivity contribution is 0.0534. The molecule has 0 aliphatic carbocycles. The number of ether oxygens (including phenoxy) is 1. The first-order valence-corrected chi connectivity index (χ1v) is 10.9. The van der Waals surface area contributed by atoms with Gasteiger partial charge in [0.2, 0.25) is 0 Å². The Labute approximate surface area is 176 Å². The van der Waals surface area contributed by atoms with Gasteiger partial charge in [0, 0.05) is 44.2 Å². The molecule has 2 aromatic carbocycles. The van der Waals surface area contributed by atoms with Gasteiger partial charge in [-0.25, -0.2) is 0 Å². The van der Waals surface area contributed by atoms with Crippen molar-refractivity contribution in [2.75, 3.05) is 31.3 Å². The third-order valence-electron chi connectivity index (χ3n) is 5.04. The normalized spacial score (nSPS) is 18.9. The van der Waals surface area contributed by atoms with Gasteiger partial charge in [-0.05, 0) is 24.6 Å². The van der Waals surface area contributed by atoms with Crippen LogP contribution in [0.1, 0.15) is 18.7 Å². The van der Waals surface area contributed by atoms with E-state index in [1.54, 1.807) is 11.8 Å². The minimum absolute atomic E-state index is 0.0549. The predicted octanol–water partition coefficient (Wildman–Crippen LogP) is 3.81. The van der Waals surface area contributed by atoms with Crippen molar-refractivity contribution in [1.29, 1.82) is 0 Å². The van der Waals surface area contributed by atoms with Gasteiger partial charge in [-0.1, -0.05) is 54.2 Å². The number of nitrogens with zero attached hydrogens (tertiary/aromatic N) is 4. The molecule has 2 atom stereocenters. The zero-order valence-electron chi connectivity index (χ0n) is 17.1. The quantitative estimate of drug-likeness (QED) is 0.599. The molecule has 4 rings (SSSR count). The Morgan fingerprint density at radius 1 is 1.10 bits per heavy atom. The molecule has 0 unspecified atom stereocenters. The van der Waals surface area contributed by atoms with Crippen LogP contribution >= 0.6 is 11.8 Å². The van der Waals surface area contributed by atoms with Crippen molar-refractivity contribution >= 4 is 17.4 Å². The van der Waals surface area contributed by atoms with Gasteiger partial charge in [-0.15, -0.1) is 10.2 Å². The van der Waals surface area contributed by atoms with E-state index in [0.29, 0.717) is 0 Å². The average molecular weight is 410 g/mol. The molecular weight excluding hydrogens is 382 g/mol. The summed E-state index contributed by atoms with van der Waals surface area (Å²) >= 11 is 1.71. The number of aromatic nitrogens is 3. The number of benzene rings is 2.